The smallest absolute Gasteiger partial charge is 0.163 e. The summed E-state index contributed by atoms with van der Waals surface area (Å²) in [7, 11) is 1.59. The molecule has 5 heteroatoms. The van der Waals surface area contributed by atoms with Crippen LogP contribution in [0.5, 0.6) is 11.5 Å². The molecule has 0 aromatic heterocycles. The molecule has 0 bridgehead atoms. The molecular weight excluding hydrogens is 222 g/mol. The van der Waals surface area contributed by atoms with Gasteiger partial charge in [0, 0.05) is 11.8 Å². The second kappa shape index (κ2) is 5.75. The van der Waals surface area contributed by atoms with Crippen LogP contribution in [0.3, 0.4) is 0 Å². The first-order valence-electron chi connectivity index (χ1n) is 5.59. The highest BCUT2D eigenvalue weighted by Gasteiger charge is 2.18. The third-order valence-corrected chi connectivity index (χ3v) is 2.52. The van der Waals surface area contributed by atoms with E-state index in [1.165, 1.54) is 0 Å². The van der Waals surface area contributed by atoms with Gasteiger partial charge in [-0.25, -0.2) is 0 Å². The van der Waals surface area contributed by atoms with Crippen molar-refractivity contribution in [1.29, 1.82) is 0 Å². The summed E-state index contributed by atoms with van der Waals surface area (Å²) >= 11 is 0. The van der Waals surface area contributed by atoms with Crippen molar-refractivity contribution in [3.05, 3.63) is 18.2 Å². The summed E-state index contributed by atoms with van der Waals surface area (Å²) < 4.78 is 15.7. The number of aliphatic hydroxyl groups excluding tert-OH is 1. The van der Waals surface area contributed by atoms with Crippen LogP contribution in [0.2, 0.25) is 0 Å². The van der Waals surface area contributed by atoms with E-state index in [4.69, 9.17) is 19.3 Å². The van der Waals surface area contributed by atoms with Crippen LogP contribution in [0.15, 0.2) is 18.2 Å². The topological polar surface area (TPSA) is 60.0 Å². The van der Waals surface area contributed by atoms with Gasteiger partial charge in [0.15, 0.2) is 11.5 Å². The fraction of sp³-hybridized carbons (Fsp3) is 0.500. The number of benzene rings is 1. The zero-order chi connectivity index (χ0) is 12.1. The van der Waals surface area contributed by atoms with Crippen molar-refractivity contribution in [1.82, 2.24) is 0 Å². The highest BCUT2D eigenvalue weighted by Crippen LogP contribution is 2.30. The number of anilines is 1. The number of ether oxygens (including phenoxy) is 3. The predicted molar refractivity (Wildman–Crippen MR) is 63.8 cm³/mol. The van der Waals surface area contributed by atoms with E-state index in [0.717, 1.165) is 18.9 Å². The molecule has 0 aliphatic carbocycles. The summed E-state index contributed by atoms with van der Waals surface area (Å²) in [6, 6.07) is 6.01. The van der Waals surface area contributed by atoms with E-state index < -0.39 is 0 Å². The minimum absolute atomic E-state index is 0.0166. The Balaban J connectivity index is 2.06. The van der Waals surface area contributed by atoms with Crippen LogP contribution in [0.1, 0.15) is 0 Å². The van der Waals surface area contributed by atoms with Crippen LogP contribution in [0.25, 0.3) is 0 Å². The maximum absolute atomic E-state index is 8.76. The second-order valence-corrected chi connectivity index (χ2v) is 3.82. The molecule has 1 heterocycles. The normalized spacial score (nSPS) is 15.2. The molecule has 0 spiro atoms. The Hall–Kier alpha value is -1.46. The van der Waals surface area contributed by atoms with E-state index in [0.29, 0.717) is 17.5 Å². The summed E-state index contributed by atoms with van der Waals surface area (Å²) in [6.07, 6.45) is 0. The van der Waals surface area contributed by atoms with Crippen LogP contribution < -0.4 is 14.8 Å². The van der Waals surface area contributed by atoms with Crippen LogP contribution >= 0.6 is 0 Å². The van der Waals surface area contributed by atoms with Crippen molar-refractivity contribution in [2.24, 2.45) is 0 Å². The molecule has 17 heavy (non-hydrogen) atoms. The molecule has 2 rings (SSSR count). The minimum atomic E-state index is -0.0166. The lowest BCUT2D eigenvalue weighted by molar-refractivity contribution is 0.0211. The lowest BCUT2D eigenvalue weighted by Gasteiger charge is -2.28. The van der Waals surface area contributed by atoms with Gasteiger partial charge in [-0.15, -0.1) is 0 Å². The average Bonchev–Trinajstić information content (AvgIpc) is 2.31. The van der Waals surface area contributed by atoms with Gasteiger partial charge < -0.3 is 24.6 Å². The van der Waals surface area contributed by atoms with Gasteiger partial charge in [-0.2, -0.15) is 0 Å². The first-order valence-corrected chi connectivity index (χ1v) is 5.59. The van der Waals surface area contributed by atoms with Crippen LogP contribution in [0, 0.1) is 0 Å². The lowest BCUT2D eigenvalue weighted by atomic mass is 10.2. The monoisotopic (exact) mass is 239 g/mol. The van der Waals surface area contributed by atoms with E-state index in [-0.39, 0.29) is 13.2 Å². The summed E-state index contributed by atoms with van der Waals surface area (Å²) in [6.45, 7) is 1.71. The minimum Gasteiger partial charge on any atom is -0.493 e. The van der Waals surface area contributed by atoms with Gasteiger partial charge in [0.1, 0.15) is 6.61 Å². The Kier molecular flexibility index (Phi) is 4.06. The number of hydrogen-bond acceptors (Lipinski definition) is 5. The second-order valence-electron chi connectivity index (χ2n) is 3.82. The quantitative estimate of drug-likeness (QED) is 0.771. The maximum atomic E-state index is 8.76. The van der Waals surface area contributed by atoms with Crippen molar-refractivity contribution < 1.29 is 19.3 Å². The van der Waals surface area contributed by atoms with Crippen LogP contribution in [-0.2, 0) is 4.74 Å². The Labute approximate surface area is 100 Å². The van der Waals surface area contributed by atoms with Gasteiger partial charge in [-0.3, -0.25) is 0 Å². The number of nitrogens with one attached hydrogen (secondary N) is 1. The van der Waals surface area contributed by atoms with Crippen molar-refractivity contribution in [3.8, 4) is 11.5 Å². The third kappa shape index (κ3) is 3.01. The SMILES string of the molecule is COc1ccc(NC2COC2)cc1OCCO. The number of aliphatic hydroxyl groups is 1. The largest absolute Gasteiger partial charge is 0.493 e. The molecule has 2 N–H and O–H groups in total. The van der Waals surface area contributed by atoms with Gasteiger partial charge in [0.05, 0.1) is 33.0 Å². The number of hydrogen-bond donors (Lipinski definition) is 2. The zero-order valence-electron chi connectivity index (χ0n) is 9.81. The Morgan fingerprint density at radius 1 is 1.41 bits per heavy atom. The van der Waals surface area contributed by atoms with Crippen LogP contribution in [-0.4, -0.2) is 44.7 Å². The van der Waals surface area contributed by atoms with E-state index in [1.807, 2.05) is 18.2 Å². The van der Waals surface area contributed by atoms with Gasteiger partial charge in [-0.1, -0.05) is 0 Å². The third-order valence-electron chi connectivity index (χ3n) is 2.52. The Morgan fingerprint density at radius 3 is 2.82 bits per heavy atom. The molecule has 0 amide bonds. The number of rotatable bonds is 6. The average molecular weight is 239 g/mol. The van der Waals surface area contributed by atoms with Crippen molar-refractivity contribution in [2.45, 2.75) is 6.04 Å². The molecule has 1 aliphatic rings. The van der Waals surface area contributed by atoms with E-state index in [9.17, 15) is 0 Å². The van der Waals surface area contributed by atoms with Gasteiger partial charge in [0.25, 0.3) is 0 Å². The molecule has 1 aromatic carbocycles. The predicted octanol–water partition coefficient (Wildman–Crippen LogP) is 0.877. The molecule has 0 atom stereocenters. The first kappa shape index (κ1) is 12.0. The standard InChI is InChI=1S/C12H17NO4/c1-15-11-3-2-9(13-10-7-16-8-10)6-12(11)17-5-4-14/h2-3,6,10,13-14H,4-5,7-8H2,1H3. The van der Waals surface area contributed by atoms with Gasteiger partial charge >= 0.3 is 0 Å². The molecule has 1 aliphatic heterocycles. The zero-order valence-corrected chi connectivity index (χ0v) is 9.81. The van der Waals surface area contributed by atoms with Crippen molar-refractivity contribution in [2.75, 3.05) is 38.9 Å². The molecule has 1 saturated heterocycles. The molecule has 1 fully saturated rings. The van der Waals surface area contributed by atoms with Crippen molar-refractivity contribution in [3.63, 3.8) is 0 Å². The van der Waals surface area contributed by atoms with Gasteiger partial charge in [0.2, 0.25) is 0 Å². The lowest BCUT2D eigenvalue weighted by Crippen LogP contribution is -2.40. The van der Waals surface area contributed by atoms with E-state index in [2.05, 4.69) is 5.32 Å². The molecular formula is C12H17NO4. The fourth-order valence-corrected chi connectivity index (χ4v) is 1.59. The summed E-state index contributed by atoms with van der Waals surface area (Å²) in [4.78, 5) is 0. The molecule has 94 valence electrons. The molecule has 0 saturated carbocycles. The molecule has 0 unspecified atom stereocenters. The maximum Gasteiger partial charge on any atom is 0.163 e. The Bertz CT molecular complexity index is 366. The molecule has 1 aromatic rings. The molecule has 0 radical (unpaired) electrons. The first-order chi connectivity index (χ1) is 8.33. The van der Waals surface area contributed by atoms with E-state index in [1.54, 1.807) is 7.11 Å². The highest BCUT2D eigenvalue weighted by atomic mass is 16.5. The molecule has 5 nitrogen and oxygen atoms in total. The van der Waals surface area contributed by atoms with E-state index >= 15 is 0 Å². The summed E-state index contributed by atoms with van der Waals surface area (Å²) in [5, 5.41) is 12.1. The summed E-state index contributed by atoms with van der Waals surface area (Å²) in [5.74, 6) is 1.29. The van der Waals surface area contributed by atoms with Gasteiger partial charge in [-0.05, 0) is 12.1 Å². The summed E-state index contributed by atoms with van der Waals surface area (Å²) in [5.41, 5.74) is 0.965. The highest BCUT2D eigenvalue weighted by molar-refractivity contribution is 5.55. The van der Waals surface area contributed by atoms with Crippen LogP contribution in [0.4, 0.5) is 5.69 Å². The fourth-order valence-electron chi connectivity index (χ4n) is 1.59. The van der Waals surface area contributed by atoms with Crippen molar-refractivity contribution >= 4 is 5.69 Å². The number of methoxy groups -OCH3 is 1. The Morgan fingerprint density at radius 2 is 2.24 bits per heavy atom.